The Balaban J connectivity index is 1.82. The second-order valence-electron chi connectivity index (χ2n) is 6.36. The number of aliphatic carboxylic acids is 1. The normalized spacial score (nSPS) is 28.0. The molecule has 2 amide bonds. The summed E-state index contributed by atoms with van der Waals surface area (Å²) in [5, 5.41) is 11.9. The number of amides is 2. The van der Waals surface area contributed by atoms with Crippen LogP contribution in [0.1, 0.15) is 39.0 Å². The molecule has 6 heteroatoms. The minimum absolute atomic E-state index is 0.0285. The lowest BCUT2D eigenvalue weighted by Gasteiger charge is -2.38. The molecule has 2 aliphatic rings. The molecular weight excluding hydrogens is 270 g/mol. The zero-order valence-corrected chi connectivity index (χ0v) is 13.0. The molecule has 2 fully saturated rings. The number of hydrogen-bond donors (Lipinski definition) is 2. The van der Waals surface area contributed by atoms with Gasteiger partial charge in [-0.3, -0.25) is 4.79 Å². The summed E-state index contributed by atoms with van der Waals surface area (Å²) < 4.78 is 0. The van der Waals surface area contributed by atoms with E-state index in [4.69, 9.17) is 5.11 Å². The fourth-order valence-electron chi connectivity index (χ4n) is 3.64. The summed E-state index contributed by atoms with van der Waals surface area (Å²) in [7, 11) is 2.03. The van der Waals surface area contributed by atoms with Crippen LogP contribution in [-0.2, 0) is 4.79 Å². The molecule has 0 saturated carbocycles. The summed E-state index contributed by atoms with van der Waals surface area (Å²) in [6.07, 6.45) is 3.95. The van der Waals surface area contributed by atoms with Gasteiger partial charge in [-0.2, -0.15) is 0 Å². The topological polar surface area (TPSA) is 72.9 Å². The Hall–Kier alpha value is -1.30. The summed E-state index contributed by atoms with van der Waals surface area (Å²) in [6, 6.07) is 0.495. The molecule has 0 aliphatic carbocycles. The van der Waals surface area contributed by atoms with Gasteiger partial charge in [-0.25, -0.2) is 4.79 Å². The van der Waals surface area contributed by atoms with Gasteiger partial charge in [0, 0.05) is 31.6 Å². The van der Waals surface area contributed by atoms with E-state index in [2.05, 4.69) is 17.1 Å². The number of urea groups is 1. The van der Waals surface area contributed by atoms with Crippen molar-refractivity contribution in [2.75, 3.05) is 26.7 Å². The number of rotatable bonds is 6. The Kier molecular flexibility index (Phi) is 5.45. The molecule has 2 unspecified atom stereocenters. The van der Waals surface area contributed by atoms with Crippen molar-refractivity contribution in [2.45, 2.75) is 51.1 Å². The van der Waals surface area contributed by atoms with Gasteiger partial charge in [0.15, 0.2) is 0 Å². The molecule has 2 bridgehead atoms. The molecule has 0 aromatic rings. The van der Waals surface area contributed by atoms with E-state index in [1.54, 1.807) is 0 Å². The number of piperidine rings is 1. The zero-order chi connectivity index (χ0) is 15.4. The molecule has 2 aliphatic heterocycles. The standard InChI is InChI=1S/C15H27N3O3/c1-3-17(2)7-6-16-15(21)18-12-4-5-13(18)9-11(8-12)10-14(19)20/h11-13H,3-10H2,1-2H3,(H,16,21)(H,19,20). The molecule has 2 atom stereocenters. The van der Waals surface area contributed by atoms with Crippen molar-refractivity contribution in [3.63, 3.8) is 0 Å². The second-order valence-corrected chi connectivity index (χ2v) is 6.36. The number of carbonyl (C=O) groups excluding carboxylic acids is 1. The molecular formula is C15H27N3O3. The Labute approximate surface area is 126 Å². The van der Waals surface area contributed by atoms with E-state index < -0.39 is 5.97 Å². The van der Waals surface area contributed by atoms with Crippen LogP contribution < -0.4 is 5.32 Å². The van der Waals surface area contributed by atoms with Crippen LogP contribution in [0.4, 0.5) is 4.79 Å². The van der Waals surface area contributed by atoms with Gasteiger partial charge in [0.1, 0.15) is 0 Å². The van der Waals surface area contributed by atoms with Gasteiger partial charge in [-0.05, 0) is 45.2 Å². The summed E-state index contributed by atoms with van der Waals surface area (Å²) in [4.78, 5) is 27.3. The maximum atomic E-state index is 12.3. The Morgan fingerprint density at radius 3 is 2.43 bits per heavy atom. The fourth-order valence-corrected chi connectivity index (χ4v) is 3.64. The van der Waals surface area contributed by atoms with E-state index in [1.165, 1.54) is 0 Å². The molecule has 2 heterocycles. The van der Waals surface area contributed by atoms with Gasteiger partial charge in [-0.15, -0.1) is 0 Å². The van der Waals surface area contributed by atoms with Gasteiger partial charge in [0.2, 0.25) is 0 Å². The van der Waals surface area contributed by atoms with E-state index >= 15 is 0 Å². The molecule has 0 spiro atoms. The first kappa shape index (κ1) is 16.1. The van der Waals surface area contributed by atoms with Crippen molar-refractivity contribution < 1.29 is 14.7 Å². The van der Waals surface area contributed by atoms with Crippen LogP contribution in [0.25, 0.3) is 0 Å². The Bertz CT molecular complexity index is 374. The van der Waals surface area contributed by atoms with Crippen molar-refractivity contribution in [3.05, 3.63) is 0 Å². The average Bonchev–Trinajstić information content (AvgIpc) is 2.69. The van der Waals surface area contributed by atoms with Crippen LogP contribution in [0.3, 0.4) is 0 Å². The van der Waals surface area contributed by atoms with Crippen molar-refractivity contribution >= 4 is 12.0 Å². The molecule has 2 saturated heterocycles. The largest absolute Gasteiger partial charge is 0.481 e. The average molecular weight is 297 g/mol. The van der Waals surface area contributed by atoms with Crippen LogP contribution in [0.5, 0.6) is 0 Å². The first-order chi connectivity index (χ1) is 10.0. The Morgan fingerprint density at radius 1 is 1.29 bits per heavy atom. The minimum atomic E-state index is -0.722. The molecule has 6 nitrogen and oxygen atoms in total. The molecule has 0 radical (unpaired) electrons. The quantitative estimate of drug-likeness (QED) is 0.776. The van der Waals surface area contributed by atoms with E-state index in [9.17, 15) is 9.59 Å². The van der Waals surface area contributed by atoms with Crippen molar-refractivity contribution in [2.24, 2.45) is 5.92 Å². The van der Waals surface area contributed by atoms with Crippen molar-refractivity contribution in [1.29, 1.82) is 0 Å². The lowest BCUT2D eigenvalue weighted by Crippen LogP contribution is -2.51. The predicted molar refractivity (Wildman–Crippen MR) is 80.2 cm³/mol. The number of carboxylic acids is 1. The van der Waals surface area contributed by atoms with Crippen LogP contribution >= 0.6 is 0 Å². The first-order valence-electron chi connectivity index (χ1n) is 7.97. The number of nitrogens with one attached hydrogen (secondary N) is 1. The molecule has 2 N–H and O–H groups in total. The van der Waals surface area contributed by atoms with E-state index in [1.807, 2.05) is 11.9 Å². The highest BCUT2D eigenvalue weighted by molar-refractivity contribution is 5.75. The Morgan fingerprint density at radius 2 is 1.90 bits per heavy atom. The third kappa shape index (κ3) is 4.09. The van der Waals surface area contributed by atoms with Crippen molar-refractivity contribution in [3.8, 4) is 0 Å². The number of fused-ring (bicyclic) bond motifs is 2. The summed E-state index contributed by atoms with van der Waals surface area (Å²) >= 11 is 0. The lowest BCUT2D eigenvalue weighted by molar-refractivity contribution is -0.138. The summed E-state index contributed by atoms with van der Waals surface area (Å²) in [6.45, 7) is 4.59. The molecule has 120 valence electrons. The highest BCUT2D eigenvalue weighted by Gasteiger charge is 2.43. The molecule has 2 rings (SSSR count). The van der Waals surface area contributed by atoms with Crippen LogP contribution in [0.2, 0.25) is 0 Å². The number of nitrogens with zero attached hydrogens (tertiary/aromatic N) is 2. The second kappa shape index (κ2) is 7.11. The van der Waals surface area contributed by atoms with Crippen molar-refractivity contribution in [1.82, 2.24) is 15.1 Å². The van der Waals surface area contributed by atoms with Crippen LogP contribution in [0.15, 0.2) is 0 Å². The maximum Gasteiger partial charge on any atom is 0.317 e. The third-order valence-corrected chi connectivity index (χ3v) is 4.84. The molecule has 0 aromatic heterocycles. The third-order valence-electron chi connectivity index (χ3n) is 4.84. The summed E-state index contributed by atoms with van der Waals surface area (Å²) in [5.41, 5.74) is 0. The molecule has 0 aromatic carbocycles. The number of carboxylic acid groups (broad SMARTS) is 1. The first-order valence-corrected chi connectivity index (χ1v) is 7.97. The SMILES string of the molecule is CCN(C)CCNC(=O)N1C2CCC1CC(CC(=O)O)C2. The minimum Gasteiger partial charge on any atom is -0.481 e. The summed E-state index contributed by atoms with van der Waals surface area (Å²) in [5.74, 6) is -0.491. The van der Waals surface area contributed by atoms with Gasteiger partial charge < -0.3 is 20.2 Å². The highest BCUT2D eigenvalue weighted by Crippen LogP contribution is 2.39. The van der Waals surface area contributed by atoms with E-state index in [0.29, 0.717) is 6.54 Å². The lowest BCUT2D eigenvalue weighted by atomic mass is 9.88. The maximum absolute atomic E-state index is 12.3. The van der Waals surface area contributed by atoms with Gasteiger partial charge in [0.25, 0.3) is 0 Å². The van der Waals surface area contributed by atoms with Crippen LogP contribution in [-0.4, -0.2) is 65.7 Å². The number of likely N-dealkylation sites (N-methyl/N-ethyl adjacent to an activating group) is 1. The van der Waals surface area contributed by atoms with Gasteiger partial charge in [-0.1, -0.05) is 6.92 Å². The highest BCUT2D eigenvalue weighted by atomic mass is 16.4. The monoisotopic (exact) mass is 297 g/mol. The number of hydrogen-bond acceptors (Lipinski definition) is 3. The van der Waals surface area contributed by atoms with Gasteiger partial charge in [0.05, 0.1) is 0 Å². The van der Waals surface area contributed by atoms with E-state index in [-0.39, 0.29) is 30.5 Å². The predicted octanol–water partition coefficient (Wildman–Crippen LogP) is 1.37. The van der Waals surface area contributed by atoms with Crippen LogP contribution in [0, 0.1) is 5.92 Å². The zero-order valence-electron chi connectivity index (χ0n) is 13.0. The van der Waals surface area contributed by atoms with Gasteiger partial charge >= 0.3 is 12.0 Å². The fraction of sp³-hybridized carbons (Fsp3) is 0.867. The molecule has 21 heavy (non-hydrogen) atoms. The van der Waals surface area contributed by atoms with E-state index in [0.717, 1.165) is 38.8 Å². The number of carbonyl (C=O) groups is 2. The smallest absolute Gasteiger partial charge is 0.317 e.